The van der Waals surface area contributed by atoms with E-state index in [-0.39, 0.29) is 11.9 Å². The first-order valence-corrected chi connectivity index (χ1v) is 9.18. The normalized spacial score (nSPS) is 15.5. The first-order chi connectivity index (χ1) is 13.6. The lowest BCUT2D eigenvalue weighted by molar-refractivity contribution is 0.0722. The molecule has 0 bridgehead atoms. The third kappa shape index (κ3) is 3.29. The highest BCUT2D eigenvalue weighted by atomic mass is 16.5. The molecule has 1 aliphatic rings. The third-order valence-electron chi connectivity index (χ3n) is 5.12. The number of nitrogens with one attached hydrogen (secondary N) is 1. The van der Waals surface area contributed by atoms with Gasteiger partial charge in [-0.3, -0.25) is 4.79 Å². The van der Waals surface area contributed by atoms with Crippen LogP contribution in [0.25, 0.3) is 0 Å². The van der Waals surface area contributed by atoms with Crippen LogP contribution in [0, 0.1) is 6.92 Å². The van der Waals surface area contributed by atoms with Crippen molar-refractivity contribution in [2.45, 2.75) is 26.4 Å². The first-order valence-electron chi connectivity index (χ1n) is 9.18. The summed E-state index contributed by atoms with van der Waals surface area (Å²) in [6, 6.07) is 13.7. The lowest BCUT2D eigenvalue weighted by atomic mass is 10.00. The van der Waals surface area contributed by atoms with Crippen molar-refractivity contribution in [1.82, 2.24) is 14.9 Å². The van der Waals surface area contributed by atoms with Gasteiger partial charge < -0.3 is 15.0 Å². The van der Waals surface area contributed by atoms with Gasteiger partial charge in [-0.2, -0.15) is 0 Å². The summed E-state index contributed by atoms with van der Waals surface area (Å²) in [6.45, 7) is 4.61. The van der Waals surface area contributed by atoms with E-state index in [0.717, 1.165) is 39.5 Å². The number of carbonyl (C=O) groups is 1. The zero-order valence-electron chi connectivity index (χ0n) is 16.1. The van der Waals surface area contributed by atoms with Gasteiger partial charge in [-0.25, -0.2) is 9.97 Å². The fourth-order valence-corrected chi connectivity index (χ4v) is 3.64. The Labute approximate surface area is 164 Å². The van der Waals surface area contributed by atoms with E-state index in [0.29, 0.717) is 6.54 Å². The molecule has 6 nitrogen and oxygen atoms in total. The van der Waals surface area contributed by atoms with Crippen LogP contribution in [0.5, 0.6) is 5.75 Å². The number of hydrogen-bond acceptors (Lipinski definition) is 5. The minimum atomic E-state index is -0.00421. The molecule has 1 aliphatic heterocycles. The summed E-state index contributed by atoms with van der Waals surface area (Å²) >= 11 is 0. The number of rotatable bonds is 5. The largest absolute Gasteiger partial charge is 0.497 e. The molecule has 1 atom stereocenters. The minimum Gasteiger partial charge on any atom is -0.497 e. The Morgan fingerprint density at radius 2 is 1.96 bits per heavy atom. The average molecular weight is 374 g/mol. The predicted octanol–water partition coefficient (Wildman–Crippen LogP) is 4.25. The standard InChI is InChI=1S/C22H22N4O2/c1-14-10-17(25-20-8-9-23-13-24-20)11-19-15(2)26(22(27)21(14)19)12-16-4-6-18(28-3)7-5-16/h4-11,13,15H,12H2,1-3H3,(H,23,24,25). The molecule has 0 saturated heterocycles. The van der Waals surface area contributed by atoms with Gasteiger partial charge in [0, 0.05) is 24.0 Å². The van der Waals surface area contributed by atoms with Crippen molar-refractivity contribution < 1.29 is 9.53 Å². The van der Waals surface area contributed by atoms with Gasteiger partial charge in [0.25, 0.3) is 5.91 Å². The van der Waals surface area contributed by atoms with Gasteiger partial charge in [0.15, 0.2) is 0 Å². The fraction of sp³-hybridized carbons (Fsp3) is 0.227. The van der Waals surface area contributed by atoms with Crippen LogP contribution in [0.4, 0.5) is 11.5 Å². The number of amides is 1. The Balaban J connectivity index is 1.60. The minimum absolute atomic E-state index is 0.00421. The highest BCUT2D eigenvalue weighted by Gasteiger charge is 2.35. The van der Waals surface area contributed by atoms with Gasteiger partial charge in [0.1, 0.15) is 17.9 Å². The maximum atomic E-state index is 13.1. The van der Waals surface area contributed by atoms with Crippen LogP contribution in [-0.2, 0) is 6.54 Å². The van der Waals surface area contributed by atoms with Crippen LogP contribution in [-0.4, -0.2) is 27.9 Å². The highest BCUT2D eigenvalue weighted by molar-refractivity contribution is 6.01. The number of methoxy groups -OCH3 is 1. The van der Waals surface area contributed by atoms with Crippen molar-refractivity contribution in [1.29, 1.82) is 0 Å². The summed E-state index contributed by atoms with van der Waals surface area (Å²) in [7, 11) is 1.65. The summed E-state index contributed by atoms with van der Waals surface area (Å²) in [5.74, 6) is 1.61. The second-order valence-corrected chi connectivity index (χ2v) is 6.93. The lowest BCUT2D eigenvalue weighted by Crippen LogP contribution is -2.26. The SMILES string of the molecule is COc1ccc(CN2C(=O)c3c(C)cc(Nc4ccncn4)cc3C2C)cc1. The van der Waals surface area contributed by atoms with Crippen molar-refractivity contribution in [2.75, 3.05) is 12.4 Å². The molecule has 2 heterocycles. The monoisotopic (exact) mass is 374 g/mol. The zero-order chi connectivity index (χ0) is 19.7. The number of aryl methyl sites for hydroxylation is 1. The quantitative estimate of drug-likeness (QED) is 0.723. The molecular formula is C22H22N4O2. The Morgan fingerprint density at radius 3 is 2.64 bits per heavy atom. The topological polar surface area (TPSA) is 67.3 Å². The van der Waals surface area contributed by atoms with E-state index in [1.165, 1.54) is 6.33 Å². The van der Waals surface area contributed by atoms with E-state index in [2.05, 4.69) is 22.2 Å². The Morgan fingerprint density at radius 1 is 1.18 bits per heavy atom. The number of aromatic nitrogens is 2. The number of hydrogen-bond donors (Lipinski definition) is 1. The maximum absolute atomic E-state index is 13.1. The Hall–Kier alpha value is -3.41. The second-order valence-electron chi connectivity index (χ2n) is 6.93. The molecule has 1 amide bonds. The van der Waals surface area contributed by atoms with Gasteiger partial charge >= 0.3 is 0 Å². The number of anilines is 2. The number of ether oxygens (including phenoxy) is 1. The van der Waals surface area contributed by atoms with Crippen LogP contribution in [0.1, 0.15) is 40.0 Å². The van der Waals surface area contributed by atoms with Gasteiger partial charge in [-0.15, -0.1) is 0 Å². The van der Waals surface area contributed by atoms with Crippen molar-refractivity contribution in [2.24, 2.45) is 0 Å². The molecule has 2 aromatic carbocycles. The van der Waals surface area contributed by atoms with E-state index in [1.807, 2.05) is 54.3 Å². The van der Waals surface area contributed by atoms with Crippen molar-refractivity contribution in [3.8, 4) is 5.75 Å². The summed E-state index contributed by atoms with van der Waals surface area (Å²) < 4.78 is 5.21. The molecule has 0 aliphatic carbocycles. The van der Waals surface area contributed by atoms with Crippen LogP contribution in [0.15, 0.2) is 55.0 Å². The van der Waals surface area contributed by atoms with E-state index in [1.54, 1.807) is 13.3 Å². The van der Waals surface area contributed by atoms with Crippen LogP contribution in [0.3, 0.4) is 0 Å². The number of benzene rings is 2. The molecule has 142 valence electrons. The van der Waals surface area contributed by atoms with Gasteiger partial charge in [-0.05, 0) is 60.9 Å². The van der Waals surface area contributed by atoms with Crippen LogP contribution >= 0.6 is 0 Å². The molecule has 1 N–H and O–H groups in total. The molecule has 0 fully saturated rings. The van der Waals surface area contributed by atoms with Gasteiger partial charge in [0.2, 0.25) is 0 Å². The number of fused-ring (bicyclic) bond motifs is 1. The third-order valence-corrected chi connectivity index (χ3v) is 5.12. The van der Waals surface area contributed by atoms with Gasteiger partial charge in [-0.1, -0.05) is 12.1 Å². The predicted molar refractivity (Wildman–Crippen MR) is 108 cm³/mol. The highest BCUT2D eigenvalue weighted by Crippen LogP contribution is 2.38. The first kappa shape index (κ1) is 18.0. The lowest BCUT2D eigenvalue weighted by Gasteiger charge is -2.22. The zero-order valence-corrected chi connectivity index (χ0v) is 16.1. The molecule has 28 heavy (non-hydrogen) atoms. The van der Waals surface area contributed by atoms with Crippen LogP contribution < -0.4 is 10.1 Å². The van der Waals surface area contributed by atoms with Crippen molar-refractivity contribution in [3.63, 3.8) is 0 Å². The second kappa shape index (κ2) is 7.31. The maximum Gasteiger partial charge on any atom is 0.255 e. The molecule has 1 aromatic heterocycles. The average Bonchev–Trinajstić information content (AvgIpc) is 2.94. The molecule has 1 unspecified atom stereocenters. The number of carbonyl (C=O) groups excluding carboxylic acids is 1. The molecule has 6 heteroatoms. The van der Waals surface area contributed by atoms with Crippen molar-refractivity contribution >= 4 is 17.4 Å². The van der Waals surface area contributed by atoms with Gasteiger partial charge in [0.05, 0.1) is 13.2 Å². The van der Waals surface area contributed by atoms with E-state index >= 15 is 0 Å². The van der Waals surface area contributed by atoms with E-state index in [4.69, 9.17) is 4.74 Å². The fourth-order valence-electron chi connectivity index (χ4n) is 3.64. The summed E-state index contributed by atoms with van der Waals surface area (Å²) in [6.07, 6.45) is 3.20. The summed E-state index contributed by atoms with van der Waals surface area (Å²) in [5, 5.41) is 3.29. The molecule has 0 saturated carbocycles. The molecule has 4 rings (SSSR count). The molecular weight excluding hydrogens is 352 g/mol. The Kier molecular flexibility index (Phi) is 4.69. The van der Waals surface area contributed by atoms with E-state index in [9.17, 15) is 4.79 Å². The molecule has 0 radical (unpaired) electrons. The van der Waals surface area contributed by atoms with Crippen molar-refractivity contribution in [3.05, 3.63) is 77.2 Å². The summed E-state index contributed by atoms with van der Waals surface area (Å²) in [4.78, 5) is 23.1. The van der Waals surface area contributed by atoms with E-state index < -0.39 is 0 Å². The smallest absolute Gasteiger partial charge is 0.255 e. The Bertz CT molecular complexity index is 1000. The molecule has 0 spiro atoms. The number of nitrogens with zero attached hydrogens (tertiary/aromatic N) is 3. The summed E-state index contributed by atoms with van der Waals surface area (Å²) in [5.41, 5.74) is 4.79. The molecule has 3 aromatic rings. The van der Waals surface area contributed by atoms with Crippen LogP contribution in [0.2, 0.25) is 0 Å².